The van der Waals surface area contributed by atoms with E-state index < -0.39 is 0 Å². The third-order valence-electron chi connectivity index (χ3n) is 5.51. The van der Waals surface area contributed by atoms with Gasteiger partial charge in [-0.15, -0.1) is 0 Å². The molecule has 2 unspecified atom stereocenters. The van der Waals surface area contributed by atoms with Gasteiger partial charge in [0.15, 0.2) is 0 Å². The van der Waals surface area contributed by atoms with Gasteiger partial charge in [0.2, 0.25) is 0 Å². The van der Waals surface area contributed by atoms with Gasteiger partial charge in [-0.1, -0.05) is 12.8 Å². The predicted molar refractivity (Wildman–Crippen MR) is 81.0 cm³/mol. The van der Waals surface area contributed by atoms with Crippen molar-refractivity contribution in [1.29, 1.82) is 0 Å². The summed E-state index contributed by atoms with van der Waals surface area (Å²) >= 11 is 0. The van der Waals surface area contributed by atoms with Crippen LogP contribution in [0.1, 0.15) is 50.4 Å². The Hall–Kier alpha value is -1.03. The van der Waals surface area contributed by atoms with Crippen molar-refractivity contribution in [1.82, 2.24) is 9.78 Å². The lowest BCUT2D eigenvalue weighted by Gasteiger charge is -2.54. The highest BCUT2D eigenvalue weighted by Crippen LogP contribution is 2.55. The second-order valence-corrected chi connectivity index (χ2v) is 6.49. The lowest BCUT2D eigenvalue weighted by molar-refractivity contribution is -0.114. The van der Waals surface area contributed by atoms with E-state index in [4.69, 9.17) is 4.74 Å². The van der Waals surface area contributed by atoms with Crippen molar-refractivity contribution in [3.8, 4) is 0 Å². The van der Waals surface area contributed by atoms with E-state index in [1.165, 1.54) is 37.1 Å². The maximum absolute atomic E-state index is 5.99. The zero-order chi connectivity index (χ0) is 14.3. The summed E-state index contributed by atoms with van der Waals surface area (Å²) in [6.07, 6.45) is 6.94. The number of hydrogen-bond donors (Lipinski definition) is 1. The number of nitrogens with zero attached hydrogens (tertiary/aromatic N) is 2. The van der Waals surface area contributed by atoms with Gasteiger partial charge in [-0.2, -0.15) is 5.10 Å². The molecule has 0 aliphatic heterocycles. The normalized spacial score (nSPS) is 27.8. The van der Waals surface area contributed by atoms with E-state index in [0.29, 0.717) is 17.6 Å². The van der Waals surface area contributed by atoms with E-state index in [1.54, 1.807) is 0 Å². The predicted octanol–water partition coefficient (Wildman–Crippen LogP) is 3.19. The third-order valence-corrected chi connectivity index (χ3v) is 5.51. The van der Waals surface area contributed by atoms with E-state index in [-0.39, 0.29) is 0 Å². The molecule has 0 amide bonds. The van der Waals surface area contributed by atoms with E-state index in [1.807, 2.05) is 11.7 Å². The summed E-state index contributed by atoms with van der Waals surface area (Å²) in [6.45, 7) is 7.18. The molecule has 20 heavy (non-hydrogen) atoms. The molecular formula is C16H27N3O. The van der Waals surface area contributed by atoms with Gasteiger partial charge >= 0.3 is 0 Å². The van der Waals surface area contributed by atoms with Crippen molar-refractivity contribution in [3.05, 3.63) is 11.4 Å². The molecule has 1 N–H and O–H groups in total. The third kappa shape index (κ3) is 1.96. The molecule has 4 nitrogen and oxygen atoms in total. The average Bonchev–Trinajstić information content (AvgIpc) is 3.00. The molecule has 0 bridgehead atoms. The second-order valence-electron chi connectivity index (χ2n) is 6.49. The van der Waals surface area contributed by atoms with Crippen LogP contribution in [0, 0.1) is 19.3 Å². The minimum absolute atomic E-state index is 0.380. The van der Waals surface area contributed by atoms with Gasteiger partial charge < -0.3 is 10.1 Å². The number of rotatable bonds is 4. The summed E-state index contributed by atoms with van der Waals surface area (Å²) in [5.74, 6) is 0. The Morgan fingerprint density at radius 2 is 2.05 bits per heavy atom. The molecule has 0 aromatic carbocycles. The van der Waals surface area contributed by atoms with Gasteiger partial charge in [0, 0.05) is 25.1 Å². The number of ether oxygens (including phenoxy) is 1. The Labute approximate surface area is 121 Å². The molecule has 1 heterocycles. The van der Waals surface area contributed by atoms with Gasteiger partial charge in [-0.05, 0) is 40.0 Å². The van der Waals surface area contributed by atoms with Crippen molar-refractivity contribution in [2.24, 2.45) is 12.5 Å². The van der Waals surface area contributed by atoms with Gasteiger partial charge in [-0.3, -0.25) is 4.68 Å². The maximum atomic E-state index is 5.99. The standard InChI is InChI=1S/C16H27N3O/c1-5-20-14-10-13(16(14)8-6-7-9-16)17-15-11(2)18-19(4)12(15)3/h13-14,17H,5-10H2,1-4H3. The van der Waals surface area contributed by atoms with Crippen LogP contribution in [-0.2, 0) is 11.8 Å². The van der Waals surface area contributed by atoms with E-state index >= 15 is 0 Å². The molecule has 2 aliphatic rings. The van der Waals surface area contributed by atoms with Gasteiger partial charge in [0.05, 0.1) is 23.2 Å². The van der Waals surface area contributed by atoms with Crippen LogP contribution in [-0.4, -0.2) is 28.5 Å². The van der Waals surface area contributed by atoms with Crippen LogP contribution in [0.4, 0.5) is 5.69 Å². The van der Waals surface area contributed by atoms with Crippen LogP contribution < -0.4 is 5.32 Å². The summed E-state index contributed by atoms with van der Waals surface area (Å²) in [6, 6.07) is 0.558. The van der Waals surface area contributed by atoms with Crippen LogP contribution in [0.25, 0.3) is 0 Å². The fourth-order valence-electron chi connectivity index (χ4n) is 4.25. The number of anilines is 1. The van der Waals surface area contributed by atoms with Crippen molar-refractivity contribution >= 4 is 5.69 Å². The van der Waals surface area contributed by atoms with Gasteiger partial charge in [-0.25, -0.2) is 0 Å². The minimum Gasteiger partial charge on any atom is -0.379 e. The first kappa shape index (κ1) is 13.9. The number of aromatic nitrogens is 2. The molecule has 2 atom stereocenters. The topological polar surface area (TPSA) is 39.1 Å². The SMILES string of the molecule is CCOC1CC(Nc2c(C)nn(C)c2C)C12CCCC2. The Kier molecular flexibility index (Phi) is 3.53. The molecular weight excluding hydrogens is 250 g/mol. The van der Waals surface area contributed by atoms with E-state index in [0.717, 1.165) is 18.7 Å². The van der Waals surface area contributed by atoms with Crippen molar-refractivity contribution in [2.45, 2.75) is 65.0 Å². The highest BCUT2D eigenvalue weighted by molar-refractivity contribution is 5.53. The lowest BCUT2D eigenvalue weighted by atomic mass is 9.60. The highest BCUT2D eigenvalue weighted by Gasteiger charge is 2.56. The summed E-state index contributed by atoms with van der Waals surface area (Å²) in [4.78, 5) is 0. The molecule has 0 radical (unpaired) electrons. The summed E-state index contributed by atoms with van der Waals surface area (Å²) in [5, 5.41) is 8.31. The van der Waals surface area contributed by atoms with Crippen molar-refractivity contribution in [3.63, 3.8) is 0 Å². The highest BCUT2D eigenvalue weighted by atomic mass is 16.5. The molecule has 2 aliphatic carbocycles. The summed E-state index contributed by atoms with van der Waals surface area (Å²) in [7, 11) is 2.02. The maximum Gasteiger partial charge on any atom is 0.0827 e. The quantitative estimate of drug-likeness (QED) is 0.918. The molecule has 0 saturated heterocycles. The molecule has 3 rings (SSSR count). The Balaban J connectivity index is 1.78. The fraction of sp³-hybridized carbons (Fsp3) is 0.812. The lowest BCUT2D eigenvalue weighted by Crippen LogP contribution is -2.60. The van der Waals surface area contributed by atoms with Crippen LogP contribution >= 0.6 is 0 Å². The largest absolute Gasteiger partial charge is 0.379 e. The first-order valence-electron chi connectivity index (χ1n) is 7.97. The first-order chi connectivity index (χ1) is 9.58. The van der Waals surface area contributed by atoms with Crippen LogP contribution in [0.3, 0.4) is 0 Å². The van der Waals surface area contributed by atoms with Crippen LogP contribution in [0.5, 0.6) is 0 Å². The van der Waals surface area contributed by atoms with Crippen molar-refractivity contribution in [2.75, 3.05) is 11.9 Å². The zero-order valence-electron chi connectivity index (χ0n) is 13.2. The van der Waals surface area contributed by atoms with E-state index in [9.17, 15) is 0 Å². The molecule has 4 heteroatoms. The Bertz CT molecular complexity index is 488. The summed E-state index contributed by atoms with van der Waals surface area (Å²) in [5.41, 5.74) is 3.96. The second kappa shape index (κ2) is 5.06. The minimum atomic E-state index is 0.380. The molecule has 112 valence electrons. The Morgan fingerprint density at radius 3 is 2.60 bits per heavy atom. The fourth-order valence-corrected chi connectivity index (χ4v) is 4.25. The monoisotopic (exact) mass is 277 g/mol. The van der Waals surface area contributed by atoms with Gasteiger partial charge in [0.1, 0.15) is 0 Å². The van der Waals surface area contributed by atoms with Gasteiger partial charge in [0.25, 0.3) is 0 Å². The zero-order valence-corrected chi connectivity index (χ0v) is 13.2. The van der Waals surface area contributed by atoms with Crippen LogP contribution in [0.2, 0.25) is 0 Å². The van der Waals surface area contributed by atoms with Crippen LogP contribution in [0.15, 0.2) is 0 Å². The number of hydrogen-bond acceptors (Lipinski definition) is 3. The first-order valence-corrected chi connectivity index (χ1v) is 7.97. The molecule has 1 spiro atoms. The molecule has 2 saturated carbocycles. The van der Waals surface area contributed by atoms with E-state index in [2.05, 4.69) is 31.2 Å². The average molecular weight is 277 g/mol. The number of nitrogens with one attached hydrogen (secondary N) is 1. The summed E-state index contributed by atoms with van der Waals surface area (Å²) < 4.78 is 7.96. The molecule has 2 fully saturated rings. The Morgan fingerprint density at radius 1 is 1.35 bits per heavy atom. The molecule has 1 aromatic heterocycles. The number of aryl methyl sites for hydroxylation is 2. The smallest absolute Gasteiger partial charge is 0.0827 e. The molecule has 1 aromatic rings. The van der Waals surface area contributed by atoms with Crippen molar-refractivity contribution < 1.29 is 4.74 Å².